The fourth-order valence-electron chi connectivity index (χ4n) is 2.08. The van der Waals surface area contributed by atoms with Crippen molar-refractivity contribution in [3.63, 3.8) is 0 Å². The van der Waals surface area contributed by atoms with E-state index in [4.69, 9.17) is 0 Å². The van der Waals surface area contributed by atoms with Gasteiger partial charge >= 0.3 is 0 Å². The molecule has 0 saturated carbocycles. The molecule has 0 bridgehead atoms. The van der Waals surface area contributed by atoms with Gasteiger partial charge in [0.2, 0.25) is 0 Å². The largest absolute Gasteiger partial charge is 0.385 e. The fraction of sp³-hybridized carbons (Fsp3) is 0.588. The molecule has 1 aromatic rings. The maximum Gasteiger partial charge on any atom is 0.251 e. The number of carbonyl (C=O) groups excluding carboxylic acids is 1. The van der Waals surface area contributed by atoms with Crippen LogP contribution in [0.2, 0.25) is 0 Å². The molecule has 0 aliphatic carbocycles. The van der Waals surface area contributed by atoms with Crippen LogP contribution in [0, 0.1) is 0 Å². The van der Waals surface area contributed by atoms with Crippen LogP contribution >= 0.6 is 0 Å². The van der Waals surface area contributed by atoms with Crippen LogP contribution in [0.4, 0.5) is 5.69 Å². The molecule has 1 amide bonds. The first kappa shape index (κ1) is 16.5. The molecule has 0 aliphatic heterocycles. The van der Waals surface area contributed by atoms with Crippen molar-refractivity contribution < 1.29 is 4.79 Å². The highest BCUT2D eigenvalue weighted by molar-refractivity contribution is 5.95. The summed E-state index contributed by atoms with van der Waals surface area (Å²) >= 11 is 0. The number of hydrogen-bond donors (Lipinski definition) is 2. The molecule has 20 heavy (non-hydrogen) atoms. The average Bonchev–Trinajstić information content (AvgIpc) is 2.42. The van der Waals surface area contributed by atoms with Crippen LogP contribution in [0.15, 0.2) is 24.3 Å². The fourth-order valence-corrected chi connectivity index (χ4v) is 2.08. The number of unbranched alkanes of at least 4 members (excludes halogenated alkanes) is 4. The predicted molar refractivity (Wildman–Crippen MR) is 86.3 cm³/mol. The molecular formula is C17H28N2O. The SMILES string of the molecule is CCCCCCCNc1cccc(C(=O)NC(C)C)c1. The number of rotatable bonds is 9. The Morgan fingerprint density at radius 3 is 2.60 bits per heavy atom. The maximum absolute atomic E-state index is 11.9. The molecule has 0 spiro atoms. The summed E-state index contributed by atoms with van der Waals surface area (Å²) in [6, 6.07) is 7.87. The lowest BCUT2D eigenvalue weighted by molar-refractivity contribution is 0.0943. The second kappa shape index (κ2) is 9.40. The lowest BCUT2D eigenvalue weighted by atomic mass is 10.1. The van der Waals surface area contributed by atoms with Crippen LogP contribution in [0.3, 0.4) is 0 Å². The summed E-state index contributed by atoms with van der Waals surface area (Å²) in [5.41, 5.74) is 1.74. The van der Waals surface area contributed by atoms with E-state index in [0.717, 1.165) is 17.8 Å². The molecular weight excluding hydrogens is 248 g/mol. The Morgan fingerprint density at radius 1 is 1.15 bits per heavy atom. The van der Waals surface area contributed by atoms with Gasteiger partial charge in [0.25, 0.3) is 5.91 Å². The molecule has 112 valence electrons. The summed E-state index contributed by atoms with van der Waals surface area (Å²) in [4.78, 5) is 11.9. The normalized spacial score (nSPS) is 10.6. The molecule has 3 heteroatoms. The lowest BCUT2D eigenvalue weighted by Gasteiger charge is -2.10. The van der Waals surface area contributed by atoms with Gasteiger partial charge in [-0.15, -0.1) is 0 Å². The Balaban J connectivity index is 2.38. The second-order valence-corrected chi connectivity index (χ2v) is 5.55. The summed E-state index contributed by atoms with van der Waals surface area (Å²) < 4.78 is 0. The highest BCUT2D eigenvalue weighted by Crippen LogP contribution is 2.11. The molecule has 1 rings (SSSR count). The van der Waals surface area contributed by atoms with Gasteiger partial charge in [-0.2, -0.15) is 0 Å². The first-order valence-electron chi connectivity index (χ1n) is 7.78. The summed E-state index contributed by atoms with van der Waals surface area (Å²) in [6.07, 6.45) is 6.37. The molecule has 0 heterocycles. The third kappa shape index (κ3) is 6.60. The van der Waals surface area contributed by atoms with Gasteiger partial charge < -0.3 is 10.6 Å². The van der Waals surface area contributed by atoms with Crippen LogP contribution in [0.25, 0.3) is 0 Å². The molecule has 0 aromatic heterocycles. The van der Waals surface area contributed by atoms with Crippen molar-refractivity contribution >= 4 is 11.6 Å². The number of benzene rings is 1. The summed E-state index contributed by atoms with van der Waals surface area (Å²) in [5.74, 6) is -0.00778. The monoisotopic (exact) mass is 276 g/mol. The molecule has 0 radical (unpaired) electrons. The van der Waals surface area contributed by atoms with Crippen LogP contribution in [0.5, 0.6) is 0 Å². The van der Waals surface area contributed by atoms with Gasteiger partial charge in [-0.3, -0.25) is 4.79 Å². The minimum Gasteiger partial charge on any atom is -0.385 e. The molecule has 0 aliphatic rings. The van der Waals surface area contributed by atoms with Crippen molar-refractivity contribution in [1.82, 2.24) is 5.32 Å². The maximum atomic E-state index is 11.9. The third-order valence-electron chi connectivity index (χ3n) is 3.15. The van der Waals surface area contributed by atoms with Crippen LogP contribution < -0.4 is 10.6 Å². The molecule has 1 aromatic carbocycles. The summed E-state index contributed by atoms with van der Waals surface area (Å²) in [7, 11) is 0. The van der Waals surface area contributed by atoms with Crippen LogP contribution in [-0.2, 0) is 0 Å². The van der Waals surface area contributed by atoms with Gasteiger partial charge in [0, 0.05) is 23.8 Å². The Morgan fingerprint density at radius 2 is 1.90 bits per heavy atom. The van der Waals surface area contributed by atoms with E-state index in [0.29, 0.717) is 0 Å². The van der Waals surface area contributed by atoms with Gasteiger partial charge in [0.15, 0.2) is 0 Å². The first-order chi connectivity index (χ1) is 9.63. The lowest BCUT2D eigenvalue weighted by Crippen LogP contribution is -2.30. The first-order valence-corrected chi connectivity index (χ1v) is 7.78. The van der Waals surface area contributed by atoms with Crippen molar-refractivity contribution in [2.75, 3.05) is 11.9 Å². The van der Waals surface area contributed by atoms with E-state index in [1.807, 2.05) is 38.1 Å². The minimum absolute atomic E-state index is 0.00778. The highest BCUT2D eigenvalue weighted by Gasteiger charge is 2.06. The van der Waals surface area contributed by atoms with E-state index in [9.17, 15) is 4.79 Å². The van der Waals surface area contributed by atoms with E-state index in [2.05, 4.69) is 17.6 Å². The number of carbonyl (C=O) groups is 1. The number of hydrogen-bond acceptors (Lipinski definition) is 2. The third-order valence-corrected chi connectivity index (χ3v) is 3.15. The molecule has 0 unspecified atom stereocenters. The van der Waals surface area contributed by atoms with E-state index < -0.39 is 0 Å². The van der Waals surface area contributed by atoms with Crippen LogP contribution in [-0.4, -0.2) is 18.5 Å². The molecule has 0 fully saturated rings. The topological polar surface area (TPSA) is 41.1 Å². The molecule has 2 N–H and O–H groups in total. The van der Waals surface area contributed by atoms with Crippen molar-refractivity contribution in [2.24, 2.45) is 0 Å². The van der Waals surface area contributed by atoms with E-state index in [1.165, 1.54) is 32.1 Å². The zero-order chi connectivity index (χ0) is 14.8. The Labute approximate surface area is 123 Å². The van der Waals surface area contributed by atoms with E-state index >= 15 is 0 Å². The van der Waals surface area contributed by atoms with Crippen molar-refractivity contribution in [3.8, 4) is 0 Å². The summed E-state index contributed by atoms with van der Waals surface area (Å²) in [6.45, 7) is 7.14. The van der Waals surface area contributed by atoms with Gasteiger partial charge in [0.05, 0.1) is 0 Å². The van der Waals surface area contributed by atoms with Gasteiger partial charge in [-0.05, 0) is 38.5 Å². The van der Waals surface area contributed by atoms with Gasteiger partial charge in [-0.25, -0.2) is 0 Å². The summed E-state index contributed by atoms with van der Waals surface area (Å²) in [5, 5.41) is 6.30. The second-order valence-electron chi connectivity index (χ2n) is 5.55. The van der Waals surface area contributed by atoms with Crippen LogP contribution in [0.1, 0.15) is 63.2 Å². The number of nitrogens with one attached hydrogen (secondary N) is 2. The zero-order valence-electron chi connectivity index (χ0n) is 13.0. The van der Waals surface area contributed by atoms with E-state index in [-0.39, 0.29) is 11.9 Å². The highest BCUT2D eigenvalue weighted by atomic mass is 16.1. The number of amides is 1. The Bertz CT molecular complexity index is 402. The molecule has 3 nitrogen and oxygen atoms in total. The van der Waals surface area contributed by atoms with Crippen molar-refractivity contribution in [3.05, 3.63) is 29.8 Å². The predicted octanol–water partition coefficient (Wildman–Crippen LogP) is 4.21. The van der Waals surface area contributed by atoms with Crippen molar-refractivity contribution in [1.29, 1.82) is 0 Å². The standard InChI is InChI=1S/C17H28N2O/c1-4-5-6-7-8-12-18-16-11-9-10-15(13-16)17(20)19-14(2)3/h9-11,13-14,18H,4-8,12H2,1-3H3,(H,19,20). The quantitative estimate of drug-likeness (QED) is 0.663. The smallest absolute Gasteiger partial charge is 0.251 e. The van der Waals surface area contributed by atoms with Crippen molar-refractivity contribution in [2.45, 2.75) is 58.9 Å². The van der Waals surface area contributed by atoms with Gasteiger partial charge in [-0.1, -0.05) is 38.7 Å². The minimum atomic E-state index is -0.00778. The van der Waals surface area contributed by atoms with Gasteiger partial charge in [0.1, 0.15) is 0 Å². The Kier molecular flexibility index (Phi) is 7.78. The zero-order valence-corrected chi connectivity index (χ0v) is 13.0. The molecule has 0 saturated heterocycles. The van der Waals surface area contributed by atoms with E-state index in [1.54, 1.807) is 0 Å². The average molecular weight is 276 g/mol. The molecule has 0 atom stereocenters. The Hall–Kier alpha value is -1.51. The number of anilines is 1.